The standard InChI is InChI=1S/C21H27N4O6P/c1-23-14-18(16-3-4-22-12-19(16)30-10-9-26)20-17(21(23)27)11-15(31-20)13-24-5-7-25(8-6-24)32(2,28)29/h3-4,11-12,14,26H,5-10,13H2,1-2H3,(H,28,29). The quantitative estimate of drug-likeness (QED) is 0.503. The molecule has 32 heavy (non-hydrogen) atoms. The molecule has 0 saturated carbocycles. The highest BCUT2D eigenvalue weighted by atomic mass is 31.2. The Balaban J connectivity index is 1.66. The highest BCUT2D eigenvalue weighted by molar-refractivity contribution is 7.54. The third kappa shape index (κ3) is 4.65. The van der Waals surface area contributed by atoms with E-state index in [-0.39, 0.29) is 18.8 Å². The molecule has 0 aliphatic carbocycles. The van der Waals surface area contributed by atoms with Crippen molar-refractivity contribution in [1.82, 2.24) is 19.1 Å². The van der Waals surface area contributed by atoms with Gasteiger partial charge in [0, 0.05) is 63.4 Å². The average molecular weight is 462 g/mol. The molecule has 4 heterocycles. The molecule has 172 valence electrons. The lowest BCUT2D eigenvalue weighted by atomic mass is 10.1. The van der Waals surface area contributed by atoms with Crippen LogP contribution in [-0.4, -0.2) is 75.2 Å². The number of aromatic nitrogens is 2. The van der Waals surface area contributed by atoms with Crippen LogP contribution in [-0.2, 0) is 18.2 Å². The summed E-state index contributed by atoms with van der Waals surface area (Å²) >= 11 is 0. The zero-order chi connectivity index (χ0) is 22.9. The summed E-state index contributed by atoms with van der Waals surface area (Å²) in [5.41, 5.74) is 1.71. The van der Waals surface area contributed by atoms with E-state index < -0.39 is 7.52 Å². The number of pyridine rings is 2. The van der Waals surface area contributed by atoms with Gasteiger partial charge in [-0.1, -0.05) is 0 Å². The van der Waals surface area contributed by atoms with E-state index >= 15 is 0 Å². The summed E-state index contributed by atoms with van der Waals surface area (Å²) in [7, 11) is -1.55. The first-order valence-electron chi connectivity index (χ1n) is 10.4. The van der Waals surface area contributed by atoms with Crippen LogP contribution < -0.4 is 10.3 Å². The van der Waals surface area contributed by atoms with Gasteiger partial charge < -0.3 is 23.7 Å². The van der Waals surface area contributed by atoms with Crippen LogP contribution >= 0.6 is 7.52 Å². The minimum Gasteiger partial charge on any atom is -0.489 e. The van der Waals surface area contributed by atoms with Gasteiger partial charge in [0.15, 0.2) is 0 Å². The predicted octanol–water partition coefficient (Wildman–Crippen LogP) is 1.50. The zero-order valence-corrected chi connectivity index (χ0v) is 19.0. The van der Waals surface area contributed by atoms with Crippen molar-refractivity contribution in [3.63, 3.8) is 0 Å². The Hall–Kier alpha value is -2.49. The number of nitrogens with zero attached hydrogens (tertiary/aromatic N) is 4. The van der Waals surface area contributed by atoms with E-state index in [9.17, 15) is 14.3 Å². The molecule has 1 fully saturated rings. The molecule has 1 unspecified atom stereocenters. The summed E-state index contributed by atoms with van der Waals surface area (Å²) in [6, 6.07) is 3.55. The molecular formula is C21H27N4O6P. The number of aliphatic hydroxyl groups excluding tert-OH is 1. The fourth-order valence-corrected chi connectivity index (χ4v) is 4.85. The van der Waals surface area contributed by atoms with Gasteiger partial charge >= 0.3 is 0 Å². The summed E-state index contributed by atoms with van der Waals surface area (Å²) in [4.78, 5) is 28.8. The van der Waals surface area contributed by atoms with E-state index in [0.29, 0.717) is 66.3 Å². The molecular weight excluding hydrogens is 435 g/mol. The highest BCUT2D eigenvalue weighted by Crippen LogP contribution is 2.41. The van der Waals surface area contributed by atoms with Crippen molar-refractivity contribution in [1.29, 1.82) is 0 Å². The van der Waals surface area contributed by atoms with Crippen LogP contribution in [0.15, 0.2) is 39.9 Å². The van der Waals surface area contributed by atoms with Gasteiger partial charge in [-0.15, -0.1) is 0 Å². The van der Waals surface area contributed by atoms with Crippen LogP contribution in [0, 0.1) is 0 Å². The third-order valence-corrected chi connectivity index (χ3v) is 7.03. The van der Waals surface area contributed by atoms with Gasteiger partial charge in [0.1, 0.15) is 23.7 Å². The molecule has 0 bridgehead atoms. The summed E-state index contributed by atoms with van der Waals surface area (Å²) in [5, 5.41) is 9.58. The maximum Gasteiger partial charge on any atom is 0.266 e. The second-order valence-electron chi connectivity index (χ2n) is 7.92. The number of aryl methyl sites for hydroxylation is 1. The van der Waals surface area contributed by atoms with E-state index in [2.05, 4.69) is 9.88 Å². The molecule has 1 aliphatic heterocycles. The fourth-order valence-electron chi connectivity index (χ4n) is 3.93. The Morgan fingerprint density at radius 3 is 2.69 bits per heavy atom. The van der Waals surface area contributed by atoms with Gasteiger partial charge in [0.25, 0.3) is 13.1 Å². The zero-order valence-electron chi connectivity index (χ0n) is 18.1. The Bertz CT molecular complexity index is 1210. The van der Waals surface area contributed by atoms with Crippen molar-refractivity contribution in [3.05, 3.63) is 46.8 Å². The highest BCUT2D eigenvalue weighted by Gasteiger charge is 2.27. The number of hydrogen-bond acceptors (Lipinski definition) is 7. The summed E-state index contributed by atoms with van der Waals surface area (Å²) in [5.74, 6) is 1.14. The van der Waals surface area contributed by atoms with Crippen LogP contribution in [0.25, 0.3) is 22.1 Å². The first kappa shape index (κ1) is 22.7. The number of hydrogen-bond donors (Lipinski definition) is 2. The lowest BCUT2D eigenvalue weighted by Crippen LogP contribution is -2.44. The number of furan rings is 1. The molecule has 4 rings (SSSR count). The van der Waals surface area contributed by atoms with E-state index in [1.165, 1.54) is 11.2 Å². The van der Waals surface area contributed by atoms with Crippen LogP contribution in [0.2, 0.25) is 0 Å². The molecule has 0 amide bonds. The largest absolute Gasteiger partial charge is 0.489 e. The Labute approximate surface area is 185 Å². The van der Waals surface area contributed by atoms with Crippen LogP contribution in [0.3, 0.4) is 0 Å². The minimum atomic E-state index is -3.23. The number of fused-ring (bicyclic) bond motifs is 1. The van der Waals surface area contributed by atoms with Gasteiger partial charge in [-0.3, -0.25) is 19.2 Å². The number of rotatable bonds is 7. The van der Waals surface area contributed by atoms with E-state index in [0.717, 1.165) is 0 Å². The predicted molar refractivity (Wildman–Crippen MR) is 120 cm³/mol. The smallest absolute Gasteiger partial charge is 0.266 e. The molecule has 1 aliphatic rings. The Morgan fingerprint density at radius 2 is 2.00 bits per heavy atom. The van der Waals surface area contributed by atoms with Crippen LogP contribution in [0.4, 0.5) is 0 Å². The lowest BCUT2D eigenvalue weighted by Gasteiger charge is -2.35. The fraction of sp³-hybridized carbons (Fsp3) is 0.429. The second-order valence-corrected chi connectivity index (χ2v) is 10.2. The monoisotopic (exact) mass is 462 g/mol. The maximum atomic E-state index is 12.8. The van der Waals surface area contributed by atoms with Crippen molar-refractivity contribution in [3.8, 4) is 16.9 Å². The summed E-state index contributed by atoms with van der Waals surface area (Å²) < 4.78 is 26.8. The molecule has 0 radical (unpaired) electrons. The SMILES string of the molecule is Cn1cc(-c2ccncc2OCCO)c2oc(CN3CCN(P(C)(=O)O)CC3)cc2c1=O. The van der Waals surface area contributed by atoms with E-state index in [1.807, 2.05) is 0 Å². The van der Waals surface area contributed by atoms with Gasteiger partial charge in [-0.05, 0) is 12.1 Å². The Morgan fingerprint density at radius 1 is 1.25 bits per heavy atom. The van der Waals surface area contributed by atoms with Crippen molar-refractivity contribution in [2.45, 2.75) is 6.54 Å². The van der Waals surface area contributed by atoms with Gasteiger partial charge in [0.05, 0.1) is 24.7 Å². The lowest BCUT2D eigenvalue weighted by molar-refractivity contribution is 0.163. The minimum absolute atomic E-state index is 0.126. The van der Waals surface area contributed by atoms with Crippen molar-refractivity contribution in [2.24, 2.45) is 7.05 Å². The number of ether oxygens (including phenoxy) is 1. The molecule has 11 heteroatoms. The molecule has 0 aromatic carbocycles. The van der Waals surface area contributed by atoms with Crippen LogP contribution in [0.1, 0.15) is 5.76 Å². The van der Waals surface area contributed by atoms with Crippen molar-refractivity contribution in [2.75, 3.05) is 46.1 Å². The Kier molecular flexibility index (Phi) is 6.50. The first-order chi connectivity index (χ1) is 15.3. The molecule has 1 atom stereocenters. The molecule has 3 aromatic rings. The van der Waals surface area contributed by atoms with Gasteiger partial charge in [-0.25, -0.2) is 4.67 Å². The summed E-state index contributed by atoms with van der Waals surface area (Å²) in [6.07, 6.45) is 4.91. The van der Waals surface area contributed by atoms with Gasteiger partial charge in [0.2, 0.25) is 0 Å². The molecule has 1 saturated heterocycles. The second kappa shape index (κ2) is 9.17. The third-order valence-electron chi connectivity index (χ3n) is 5.58. The normalized spacial score (nSPS) is 17.5. The topological polar surface area (TPSA) is 121 Å². The molecule has 10 nitrogen and oxygen atoms in total. The van der Waals surface area contributed by atoms with E-state index in [1.54, 1.807) is 42.4 Å². The van der Waals surface area contributed by atoms with E-state index in [4.69, 9.17) is 14.3 Å². The average Bonchev–Trinajstić information content (AvgIpc) is 3.19. The maximum absolute atomic E-state index is 12.8. The number of aliphatic hydroxyl groups is 1. The van der Waals surface area contributed by atoms with Crippen LogP contribution in [0.5, 0.6) is 5.75 Å². The van der Waals surface area contributed by atoms with Crippen molar-refractivity contribution < 1.29 is 23.7 Å². The molecule has 3 aromatic heterocycles. The van der Waals surface area contributed by atoms with Crippen molar-refractivity contribution >= 4 is 18.5 Å². The molecule has 0 spiro atoms. The van der Waals surface area contributed by atoms with Gasteiger partial charge in [-0.2, -0.15) is 0 Å². The number of piperazine rings is 1. The summed E-state index contributed by atoms with van der Waals surface area (Å²) in [6.45, 7) is 4.11. The molecule has 2 N–H and O–H groups in total. The first-order valence-corrected chi connectivity index (χ1v) is 12.4.